The molecule has 3 rings (SSSR count). The SMILES string of the molecule is CC(C)(C#N)c1ccc(Nc2ccc3ncccc3c2)cc1. The molecule has 0 unspecified atom stereocenters. The van der Waals surface area contributed by atoms with Crippen molar-refractivity contribution in [3.05, 3.63) is 66.4 Å². The number of rotatable bonds is 3. The van der Waals surface area contributed by atoms with Crippen LogP contribution >= 0.6 is 0 Å². The summed E-state index contributed by atoms with van der Waals surface area (Å²) in [4.78, 5) is 4.32. The molecule has 22 heavy (non-hydrogen) atoms. The van der Waals surface area contributed by atoms with Gasteiger partial charge in [-0.2, -0.15) is 5.26 Å². The minimum absolute atomic E-state index is 0.465. The van der Waals surface area contributed by atoms with E-state index in [1.165, 1.54) is 0 Å². The number of anilines is 2. The molecule has 1 heterocycles. The largest absolute Gasteiger partial charge is 0.356 e. The molecule has 0 atom stereocenters. The van der Waals surface area contributed by atoms with Gasteiger partial charge in [-0.3, -0.25) is 4.98 Å². The number of nitrogens with one attached hydrogen (secondary N) is 1. The molecule has 0 amide bonds. The van der Waals surface area contributed by atoms with Crippen LogP contribution in [-0.4, -0.2) is 4.98 Å². The van der Waals surface area contributed by atoms with Crippen molar-refractivity contribution < 1.29 is 0 Å². The van der Waals surface area contributed by atoms with Crippen molar-refractivity contribution in [2.24, 2.45) is 0 Å². The fourth-order valence-electron chi connectivity index (χ4n) is 2.35. The van der Waals surface area contributed by atoms with Crippen molar-refractivity contribution >= 4 is 22.3 Å². The summed E-state index contributed by atoms with van der Waals surface area (Å²) in [6.45, 7) is 3.84. The third-order valence-electron chi connectivity index (χ3n) is 3.78. The van der Waals surface area contributed by atoms with E-state index in [0.29, 0.717) is 0 Å². The van der Waals surface area contributed by atoms with Gasteiger partial charge in [0.25, 0.3) is 0 Å². The van der Waals surface area contributed by atoms with Gasteiger partial charge >= 0.3 is 0 Å². The molecule has 2 aromatic carbocycles. The highest BCUT2D eigenvalue weighted by Gasteiger charge is 2.18. The maximum atomic E-state index is 9.18. The Labute approximate surface area is 130 Å². The summed E-state index contributed by atoms with van der Waals surface area (Å²) in [5, 5.41) is 13.7. The zero-order chi connectivity index (χ0) is 15.6. The van der Waals surface area contributed by atoms with Gasteiger partial charge in [-0.05, 0) is 55.8 Å². The van der Waals surface area contributed by atoms with Gasteiger partial charge in [-0.25, -0.2) is 0 Å². The molecule has 108 valence electrons. The summed E-state index contributed by atoms with van der Waals surface area (Å²) in [5.41, 5.74) is 3.56. The van der Waals surface area contributed by atoms with E-state index in [2.05, 4.69) is 22.4 Å². The number of pyridine rings is 1. The van der Waals surface area contributed by atoms with Crippen LogP contribution in [-0.2, 0) is 5.41 Å². The van der Waals surface area contributed by atoms with Gasteiger partial charge in [-0.1, -0.05) is 18.2 Å². The molecule has 0 saturated carbocycles. The lowest BCUT2D eigenvalue weighted by Crippen LogP contribution is -2.13. The minimum atomic E-state index is -0.465. The lowest BCUT2D eigenvalue weighted by molar-refractivity contribution is 0.687. The van der Waals surface area contributed by atoms with E-state index < -0.39 is 5.41 Å². The summed E-state index contributed by atoms with van der Waals surface area (Å²) in [7, 11) is 0. The molecule has 0 aliphatic heterocycles. The lowest BCUT2D eigenvalue weighted by Gasteiger charge is -2.16. The second kappa shape index (κ2) is 5.50. The van der Waals surface area contributed by atoms with Crippen molar-refractivity contribution in [3.63, 3.8) is 0 Å². The molecule has 0 radical (unpaired) electrons. The van der Waals surface area contributed by atoms with Crippen LogP contribution in [0.25, 0.3) is 10.9 Å². The molecular weight excluding hydrogens is 270 g/mol. The standard InChI is InChI=1S/C19H17N3/c1-19(2,13-20)15-5-7-16(8-6-15)22-17-9-10-18-14(12-17)4-3-11-21-18/h3-12,22H,1-2H3. The fourth-order valence-corrected chi connectivity index (χ4v) is 2.35. The average Bonchev–Trinajstić information content (AvgIpc) is 2.55. The zero-order valence-electron chi connectivity index (χ0n) is 12.7. The van der Waals surface area contributed by atoms with Gasteiger partial charge in [0, 0.05) is 23.0 Å². The number of nitriles is 1. The maximum absolute atomic E-state index is 9.18. The van der Waals surface area contributed by atoms with Crippen molar-refractivity contribution in [3.8, 4) is 6.07 Å². The van der Waals surface area contributed by atoms with E-state index >= 15 is 0 Å². The van der Waals surface area contributed by atoms with Crippen LogP contribution in [0.5, 0.6) is 0 Å². The molecule has 0 aliphatic carbocycles. The predicted molar refractivity (Wildman–Crippen MR) is 90.1 cm³/mol. The first-order chi connectivity index (χ1) is 10.6. The van der Waals surface area contributed by atoms with Crippen LogP contribution in [0.4, 0.5) is 11.4 Å². The van der Waals surface area contributed by atoms with Gasteiger partial charge in [-0.15, -0.1) is 0 Å². The summed E-state index contributed by atoms with van der Waals surface area (Å²) in [6.07, 6.45) is 1.80. The molecular formula is C19H17N3. The number of fused-ring (bicyclic) bond motifs is 1. The maximum Gasteiger partial charge on any atom is 0.0766 e. The number of hydrogen-bond acceptors (Lipinski definition) is 3. The Hall–Kier alpha value is -2.86. The highest BCUT2D eigenvalue weighted by Crippen LogP contribution is 2.26. The zero-order valence-corrected chi connectivity index (χ0v) is 12.7. The van der Waals surface area contributed by atoms with Crippen molar-refractivity contribution in [2.45, 2.75) is 19.3 Å². The lowest BCUT2D eigenvalue weighted by atomic mass is 9.86. The Kier molecular flexibility index (Phi) is 3.52. The number of hydrogen-bond donors (Lipinski definition) is 1. The van der Waals surface area contributed by atoms with E-state index in [0.717, 1.165) is 27.8 Å². The highest BCUT2D eigenvalue weighted by atomic mass is 14.9. The number of aromatic nitrogens is 1. The summed E-state index contributed by atoms with van der Waals surface area (Å²) in [6, 6.07) is 20.4. The van der Waals surface area contributed by atoms with Crippen LogP contribution in [0.3, 0.4) is 0 Å². The first-order valence-electron chi connectivity index (χ1n) is 7.22. The molecule has 0 aliphatic rings. The summed E-state index contributed by atoms with van der Waals surface area (Å²) in [5.74, 6) is 0. The van der Waals surface area contributed by atoms with Crippen molar-refractivity contribution in [1.29, 1.82) is 5.26 Å². The Morgan fingerprint density at radius 2 is 1.73 bits per heavy atom. The van der Waals surface area contributed by atoms with Gasteiger partial charge < -0.3 is 5.32 Å². The predicted octanol–water partition coefficient (Wildman–Crippen LogP) is 4.78. The van der Waals surface area contributed by atoms with Crippen LogP contribution < -0.4 is 5.32 Å². The Balaban J connectivity index is 1.84. The van der Waals surface area contributed by atoms with E-state index in [9.17, 15) is 5.26 Å². The Bertz CT molecular complexity index is 842. The smallest absolute Gasteiger partial charge is 0.0766 e. The second-order valence-corrected chi connectivity index (χ2v) is 5.85. The monoisotopic (exact) mass is 287 g/mol. The molecule has 0 saturated heterocycles. The molecule has 1 aromatic heterocycles. The van der Waals surface area contributed by atoms with E-state index in [4.69, 9.17) is 0 Å². The van der Waals surface area contributed by atoms with E-state index in [1.807, 2.05) is 62.4 Å². The van der Waals surface area contributed by atoms with Crippen LogP contribution in [0.2, 0.25) is 0 Å². The quantitative estimate of drug-likeness (QED) is 0.754. The Morgan fingerprint density at radius 1 is 1.00 bits per heavy atom. The normalized spacial score (nSPS) is 11.1. The molecule has 0 fully saturated rings. The Morgan fingerprint density at radius 3 is 2.45 bits per heavy atom. The first-order valence-corrected chi connectivity index (χ1v) is 7.22. The van der Waals surface area contributed by atoms with Crippen molar-refractivity contribution in [1.82, 2.24) is 4.98 Å². The topological polar surface area (TPSA) is 48.7 Å². The first kappa shape index (κ1) is 14.1. The van der Waals surface area contributed by atoms with Crippen LogP contribution in [0, 0.1) is 11.3 Å². The molecule has 3 aromatic rings. The molecule has 3 heteroatoms. The molecule has 0 bridgehead atoms. The minimum Gasteiger partial charge on any atom is -0.356 e. The van der Waals surface area contributed by atoms with Gasteiger partial charge in [0.2, 0.25) is 0 Å². The van der Waals surface area contributed by atoms with E-state index in [1.54, 1.807) is 6.20 Å². The second-order valence-electron chi connectivity index (χ2n) is 5.85. The average molecular weight is 287 g/mol. The summed E-state index contributed by atoms with van der Waals surface area (Å²) >= 11 is 0. The molecule has 0 spiro atoms. The van der Waals surface area contributed by atoms with Crippen LogP contribution in [0.1, 0.15) is 19.4 Å². The number of benzene rings is 2. The van der Waals surface area contributed by atoms with Gasteiger partial charge in [0.15, 0.2) is 0 Å². The number of nitrogens with zero attached hydrogens (tertiary/aromatic N) is 2. The third kappa shape index (κ3) is 2.77. The van der Waals surface area contributed by atoms with Gasteiger partial charge in [0.1, 0.15) is 0 Å². The van der Waals surface area contributed by atoms with Gasteiger partial charge in [0.05, 0.1) is 17.0 Å². The molecule has 1 N–H and O–H groups in total. The molecule has 3 nitrogen and oxygen atoms in total. The summed E-state index contributed by atoms with van der Waals surface area (Å²) < 4.78 is 0. The third-order valence-corrected chi connectivity index (χ3v) is 3.78. The highest BCUT2D eigenvalue weighted by molar-refractivity contribution is 5.83. The van der Waals surface area contributed by atoms with Crippen molar-refractivity contribution in [2.75, 3.05) is 5.32 Å². The van der Waals surface area contributed by atoms with Crippen LogP contribution in [0.15, 0.2) is 60.8 Å². The fraction of sp³-hybridized carbons (Fsp3) is 0.158. The van der Waals surface area contributed by atoms with E-state index in [-0.39, 0.29) is 0 Å².